The van der Waals surface area contributed by atoms with Crippen LogP contribution < -0.4 is 21.3 Å². The molecule has 1 saturated carbocycles. The van der Waals surface area contributed by atoms with Crippen LogP contribution in [0.3, 0.4) is 0 Å². The summed E-state index contributed by atoms with van der Waals surface area (Å²) in [5, 5.41) is 22.4. The molecule has 11 nitrogen and oxygen atoms in total. The van der Waals surface area contributed by atoms with E-state index in [4.69, 9.17) is 0 Å². The number of amides is 3. The van der Waals surface area contributed by atoms with Crippen molar-refractivity contribution in [1.82, 2.24) is 26.2 Å². The van der Waals surface area contributed by atoms with Crippen molar-refractivity contribution >= 4 is 29.3 Å². The van der Waals surface area contributed by atoms with Gasteiger partial charge in [0.15, 0.2) is 6.35 Å². The fourth-order valence-electron chi connectivity index (χ4n) is 6.61. The third kappa shape index (κ3) is 10.2. The number of aliphatic hydroxyl groups is 1. The number of hydrogen-bond acceptors (Lipinski definition) is 8. The summed E-state index contributed by atoms with van der Waals surface area (Å²) in [6.07, 6.45) is 6.63. The molecule has 0 aromatic heterocycles. The summed E-state index contributed by atoms with van der Waals surface area (Å²) in [6.45, 7) is 17.0. The summed E-state index contributed by atoms with van der Waals surface area (Å²) in [4.78, 5) is 67.5. The van der Waals surface area contributed by atoms with Crippen LogP contribution in [-0.2, 0) is 24.0 Å². The van der Waals surface area contributed by atoms with Crippen molar-refractivity contribution < 1.29 is 29.1 Å². The van der Waals surface area contributed by atoms with Crippen LogP contribution in [0.15, 0.2) is 12.7 Å². The van der Waals surface area contributed by atoms with Gasteiger partial charge in [0.1, 0.15) is 11.8 Å². The Bertz CT molecular complexity index is 1020. The zero-order valence-corrected chi connectivity index (χ0v) is 27.9. The molecule has 1 aliphatic carbocycles. The number of Topliss-reactive ketones (excluding diaryl/α,β-unsaturated/α-hetero) is 2. The van der Waals surface area contributed by atoms with E-state index < -0.39 is 53.5 Å². The van der Waals surface area contributed by atoms with Crippen molar-refractivity contribution in [3.05, 3.63) is 12.7 Å². The normalized spacial score (nSPS) is 22.2. The highest BCUT2D eigenvalue weighted by atomic mass is 16.3. The molecular formula is C33H57N5O6. The first-order valence-electron chi connectivity index (χ1n) is 16.4. The Morgan fingerprint density at radius 3 is 2.18 bits per heavy atom. The third-order valence-electron chi connectivity index (χ3n) is 9.03. The number of carbonyl (C=O) groups is 5. The van der Waals surface area contributed by atoms with Gasteiger partial charge in [-0.05, 0) is 55.8 Å². The molecule has 250 valence electrons. The Kier molecular flexibility index (Phi) is 14.7. The maximum absolute atomic E-state index is 14.2. The first-order valence-corrected chi connectivity index (χ1v) is 16.4. The van der Waals surface area contributed by atoms with Crippen LogP contribution in [0.2, 0.25) is 0 Å². The van der Waals surface area contributed by atoms with Gasteiger partial charge in [-0.25, -0.2) is 0 Å². The van der Waals surface area contributed by atoms with Crippen LogP contribution >= 0.6 is 0 Å². The number of aliphatic hydroxyl groups excluding tert-OH is 1. The van der Waals surface area contributed by atoms with Crippen LogP contribution in [0.4, 0.5) is 0 Å². The summed E-state index contributed by atoms with van der Waals surface area (Å²) in [7, 11) is 0. The summed E-state index contributed by atoms with van der Waals surface area (Å²) in [6, 6.07) is -3.29. The Hall–Kier alpha value is -2.63. The molecule has 6 atom stereocenters. The molecule has 2 unspecified atom stereocenters. The minimum absolute atomic E-state index is 0.0539. The fourth-order valence-corrected chi connectivity index (χ4v) is 6.61. The van der Waals surface area contributed by atoms with Crippen LogP contribution in [0.5, 0.6) is 0 Å². The van der Waals surface area contributed by atoms with Gasteiger partial charge in [-0.15, -0.1) is 6.58 Å². The number of nitrogens with one attached hydrogen (secondary N) is 4. The number of likely N-dealkylation sites (tertiary alicyclic amines) is 1. The average Bonchev–Trinajstić information content (AvgIpc) is 3.42. The van der Waals surface area contributed by atoms with Crippen LogP contribution in [0.25, 0.3) is 0 Å². The Balaban J connectivity index is 2.29. The van der Waals surface area contributed by atoms with E-state index in [2.05, 4.69) is 27.8 Å². The van der Waals surface area contributed by atoms with Crippen LogP contribution in [0, 0.1) is 23.2 Å². The lowest BCUT2D eigenvalue weighted by Gasteiger charge is -2.39. The van der Waals surface area contributed by atoms with Crippen molar-refractivity contribution in [2.24, 2.45) is 23.2 Å². The molecule has 2 fully saturated rings. The van der Waals surface area contributed by atoms with Crippen molar-refractivity contribution in [1.29, 1.82) is 0 Å². The average molecular weight is 620 g/mol. The zero-order valence-electron chi connectivity index (χ0n) is 27.9. The first-order chi connectivity index (χ1) is 20.6. The van der Waals surface area contributed by atoms with E-state index >= 15 is 0 Å². The molecule has 2 rings (SSSR count). The minimum atomic E-state index is -1.32. The van der Waals surface area contributed by atoms with E-state index in [1.165, 1.54) is 13.0 Å². The summed E-state index contributed by atoms with van der Waals surface area (Å²) < 4.78 is 0. The van der Waals surface area contributed by atoms with Gasteiger partial charge in [0.05, 0.1) is 18.1 Å². The quantitative estimate of drug-likeness (QED) is 0.100. The molecule has 44 heavy (non-hydrogen) atoms. The number of ketones is 2. The van der Waals surface area contributed by atoms with Crippen molar-refractivity contribution in [2.75, 3.05) is 13.1 Å². The molecule has 5 N–H and O–H groups in total. The SMILES string of the molecule is C=CCNC(=O)C(=O)C(CCC)NC(=O)[C@@H]1[C@@H](C(C)C)CCN1C(=O)[C@@H](NC(O)N[C@H](C(C)=O)C1CCCCC1)C(C)(C)C. The first kappa shape index (κ1) is 37.6. The van der Waals surface area contributed by atoms with Crippen molar-refractivity contribution in [3.8, 4) is 0 Å². The van der Waals surface area contributed by atoms with Crippen LogP contribution in [0.1, 0.15) is 99.8 Å². The molecule has 1 saturated heterocycles. The molecule has 0 bridgehead atoms. The lowest BCUT2D eigenvalue weighted by Crippen LogP contribution is -2.63. The third-order valence-corrected chi connectivity index (χ3v) is 9.03. The topological polar surface area (TPSA) is 157 Å². The number of carbonyl (C=O) groups excluding carboxylic acids is 5. The molecule has 0 aromatic carbocycles. The molecule has 1 heterocycles. The maximum atomic E-state index is 14.2. The largest absolute Gasteiger partial charge is 0.365 e. The summed E-state index contributed by atoms with van der Waals surface area (Å²) in [5.41, 5.74) is -0.656. The van der Waals surface area contributed by atoms with E-state index in [0.717, 1.165) is 32.1 Å². The lowest BCUT2D eigenvalue weighted by atomic mass is 9.82. The molecule has 0 radical (unpaired) electrons. The number of nitrogens with zero attached hydrogens (tertiary/aromatic N) is 1. The van der Waals surface area contributed by atoms with E-state index in [0.29, 0.717) is 19.4 Å². The predicted octanol–water partition coefficient (Wildman–Crippen LogP) is 2.42. The van der Waals surface area contributed by atoms with Gasteiger partial charge in [0, 0.05) is 13.1 Å². The predicted molar refractivity (Wildman–Crippen MR) is 170 cm³/mol. The highest BCUT2D eigenvalue weighted by Gasteiger charge is 2.47. The number of rotatable bonds is 16. The van der Waals surface area contributed by atoms with Gasteiger partial charge in [-0.3, -0.25) is 34.6 Å². The van der Waals surface area contributed by atoms with Gasteiger partial charge in [0.25, 0.3) is 5.91 Å². The highest BCUT2D eigenvalue weighted by molar-refractivity contribution is 6.38. The second kappa shape index (κ2) is 17.2. The van der Waals surface area contributed by atoms with Gasteiger partial charge < -0.3 is 20.6 Å². The van der Waals surface area contributed by atoms with Gasteiger partial charge in [-0.1, -0.05) is 73.3 Å². The monoisotopic (exact) mass is 619 g/mol. The maximum Gasteiger partial charge on any atom is 0.289 e. The van der Waals surface area contributed by atoms with Gasteiger partial charge in [-0.2, -0.15) is 0 Å². The second-order valence-corrected chi connectivity index (χ2v) is 13.9. The van der Waals surface area contributed by atoms with Crippen LogP contribution in [-0.4, -0.2) is 82.9 Å². The molecule has 3 amide bonds. The van der Waals surface area contributed by atoms with Gasteiger partial charge in [0.2, 0.25) is 17.6 Å². The summed E-state index contributed by atoms with van der Waals surface area (Å²) in [5.74, 6) is -2.37. The molecule has 0 spiro atoms. The van der Waals surface area contributed by atoms with E-state index in [1.54, 1.807) is 4.90 Å². The fraction of sp³-hybridized carbons (Fsp3) is 0.788. The lowest BCUT2D eigenvalue weighted by molar-refractivity contribution is -0.146. The van der Waals surface area contributed by atoms with E-state index in [9.17, 15) is 29.1 Å². The smallest absolute Gasteiger partial charge is 0.289 e. The van der Waals surface area contributed by atoms with E-state index in [1.807, 2.05) is 41.5 Å². The Morgan fingerprint density at radius 1 is 1.02 bits per heavy atom. The zero-order chi connectivity index (χ0) is 33.2. The van der Waals surface area contributed by atoms with Gasteiger partial charge >= 0.3 is 0 Å². The van der Waals surface area contributed by atoms with Crippen molar-refractivity contribution in [2.45, 2.75) is 130 Å². The highest BCUT2D eigenvalue weighted by Crippen LogP contribution is 2.34. The molecule has 2 aliphatic rings. The minimum Gasteiger partial charge on any atom is -0.365 e. The standard InChI is InChI=1S/C33H57N5O6/c1-9-14-24(27(40)30(42)34-18-10-2)35-29(41)26-23(20(3)4)17-19-38(26)31(43)28(33(6,7)8)37-32(44)36-25(21(5)39)22-15-12-11-13-16-22/h10,20,22-26,28,32,36-37,44H,2,9,11-19H2,1,3-8H3,(H,34,42)(H,35,41)/t23-,24?,25-,26+,28-,32?/m1/s1. The Morgan fingerprint density at radius 2 is 1.66 bits per heavy atom. The second-order valence-electron chi connectivity index (χ2n) is 13.9. The summed E-state index contributed by atoms with van der Waals surface area (Å²) >= 11 is 0. The van der Waals surface area contributed by atoms with E-state index in [-0.39, 0.29) is 42.4 Å². The van der Waals surface area contributed by atoms with Crippen molar-refractivity contribution in [3.63, 3.8) is 0 Å². The Labute approximate surface area is 263 Å². The molecular weight excluding hydrogens is 562 g/mol. The molecule has 0 aromatic rings. The molecule has 11 heteroatoms. The molecule has 1 aliphatic heterocycles. The number of hydrogen-bond donors (Lipinski definition) is 5.